The van der Waals surface area contributed by atoms with E-state index in [9.17, 15) is 9.59 Å². The van der Waals surface area contributed by atoms with Crippen LogP contribution in [-0.2, 0) is 4.74 Å². The molecule has 0 aliphatic heterocycles. The van der Waals surface area contributed by atoms with E-state index in [0.29, 0.717) is 31.5 Å². The van der Waals surface area contributed by atoms with Crippen molar-refractivity contribution >= 4 is 55.5 Å². The number of hydrogen-bond acceptors (Lipinski definition) is 7. The van der Waals surface area contributed by atoms with Crippen molar-refractivity contribution in [3.63, 3.8) is 0 Å². The van der Waals surface area contributed by atoms with Gasteiger partial charge in [0.25, 0.3) is 5.91 Å². The van der Waals surface area contributed by atoms with Crippen LogP contribution in [0.25, 0.3) is 43.7 Å². The molecule has 6 nitrogen and oxygen atoms in total. The number of esters is 1. The number of nitrogen functional groups attached to an aromatic ring is 1. The van der Waals surface area contributed by atoms with Gasteiger partial charge in [0.2, 0.25) is 0 Å². The third-order valence-corrected chi connectivity index (χ3v) is 8.82. The fraction of sp³-hybridized carbons (Fsp3) is 0.0606. The highest BCUT2D eigenvalue weighted by Gasteiger charge is 2.26. The molecule has 3 aromatic heterocycles. The van der Waals surface area contributed by atoms with Crippen molar-refractivity contribution in [2.24, 2.45) is 0 Å². The van der Waals surface area contributed by atoms with Gasteiger partial charge in [0.15, 0.2) is 0 Å². The van der Waals surface area contributed by atoms with Crippen molar-refractivity contribution in [3.05, 3.63) is 112 Å². The van der Waals surface area contributed by atoms with Gasteiger partial charge in [-0.15, -0.1) is 22.7 Å². The van der Waals surface area contributed by atoms with E-state index < -0.39 is 11.9 Å². The van der Waals surface area contributed by atoms with Crippen LogP contribution in [0.4, 0.5) is 10.7 Å². The predicted octanol–water partition coefficient (Wildman–Crippen LogP) is 8.29. The Hall–Kier alpha value is -4.79. The Kier molecular flexibility index (Phi) is 7.09. The van der Waals surface area contributed by atoms with Gasteiger partial charge in [0, 0.05) is 21.9 Å². The van der Waals surface area contributed by atoms with Crippen LogP contribution in [0.3, 0.4) is 0 Å². The minimum Gasteiger partial charge on any atom is -0.465 e. The largest absolute Gasteiger partial charge is 0.465 e. The van der Waals surface area contributed by atoms with Crippen molar-refractivity contribution in [2.75, 3.05) is 18.2 Å². The lowest BCUT2D eigenvalue weighted by molar-refractivity contribution is 0.0603. The predicted molar refractivity (Wildman–Crippen MR) is 169 cm³/mol. The van der Waals surface area contributed by atoms with Gasteiger partial charge < -0.3 is 15.8 Å². The van der Waals surface area contributed by atoms with E-state index in [1.165, 1.54) is 29.8 Å². The van der Waals surface area contributed by atoms with Crippen molar-refractivity contribution in [1.29, 1.82) is 0 Å². The number of pyridine rings is 1. The summed E-state index contributed by atoms with van der Waals surface area (Å²) in [4.78, 5) is 32.5. The van der Waals surface area contributed by atoms with Crippen LogP contribution in [0.1, 0.15) is 25.6 Å². The van der Waals surface area contributed by atoms with Gasteiger partial charge in [-0.1, -0.05) is 90.5 Å². The molecule has 8 heteroatoms. The molecule has 0 bridgehead atoms. The molecule has 0 radical (unpaired) electrons. The smallest absolute Gasteiger partial charge is 0.341 e. The Morgan fingerprint density at radius 3 is 2.15 bits per heavy atom. The van der Waals surface area contributed by atoms with E-state index in [-0.39, 0.29) is 0 Å². The summed E-state index contributed by atoms with van der Waals surface area (Å²) in [6.07, 6.45) is 0. The number of anilines is 2. The van der Waals surface area contributed by atoms with Crippen LogP contribution in [0, 0.1) is 6.92 Å². The molecule has 0 saturated carbocycles. The molecule has 3 N–H and O–H groups in total. The first-order valence-corrected chi connectivity index (χ1v) is 14.6. The Bertz CT molecular complexity index is 1890. The number of benzene rings is 3. The average molecular weight is 576 g/mol. The highest BCUT2D eigenvalue weighted by molar-refractivity contribution is 7.21. The number of nitrogens with one attached hydrogen (secondary N) is 1. The number of hydrogen-bond donors (Lipinski definition) is 2. The standard InChI is InChI=1S/C33H25N3O3S2/c1-19-13-15-21(16-14-19)24-18-40-31(27(24)33(38)39-2)36-30(37)29-28(34)26-23(20-9-5-3-6-10-20)17-25(35-32(26)41-29)22-11-7-4-8-12-22/h3-18H,34H2,1-2H3,(H,36,37). The van der Waals surface area contributed by atoms with Gasteiger partial charge in [-0.05, 0) is 29.7 Å². The molecule has 0 aliphatic rings. The second-order valence-electron chi connectivity index (χ2n) is 9.48. The van der Waals surface area contributed by atoms with E-state index in [4.69, 9.17) is 15.5 Å². The molecule has 0 saturated heterocycles. The van der Waals surface area contributed by atoms with Crippen LogP contribution in [-0.4, -0.2) is 24.0 Å². The minimum atomic E-state index is -0.526. The number of thiophene rings is 2. The number of nitrogens with zero attached hydrogens (tertiary/aromatic N) is 1. The number of ether oxygens (including phenoxy) is 1. The van der Waals surface area contributed by atoms with Crippen molar-refractivity contribution in [1.82, 2.24) is 4.98 Å². The maximum absolute atomic E-state index is 13.7. The molecule has 3 aromatic carbocycles. The van der Waals surface area contributed by atoms with E-state index in [1.807, 2.05) is 103 Å². The van der Waals surface area contributed by atoms with Crippen molar-refractivity contribution in [3.8, 4) is 33.5 Å². The summed E-state index contributed by atoms with van der Waals surface area (Å²) in [6.45, 7) is 2.00. The van der Waals surface area contributed by atoms with E-state index in [1.54, 1.807) is 0 Å². The highest BCUT2D eigenvalue weighted by atomic mass is 32.1. The number of carbonyl (C=O) groups excluding carboxylic acids is 2. The molecule has 6 rings (SSSR count). The summed E-state index contributed by atoms with van der Waals surface area (Å²) in [7, 11) is 1.33. The van der Waals surface area contributed by atoms with Crippen LogP contribution >= 0.6 is 22.7 Å². The molecule has 0 aliphatic carbocycles. The molecule has 0 spiro atoms. The SMILES string of the molecule is COC(=O)c1c(-c2ccc(C)cc2)csc1NC(=O)c1sc2nc(-c3ccccc3)cc(-c3ccccc3)c2c1N. The summed E-state index contributed by atoms with van der Waals surface area (Å²) < 4.78 is 5.08. The first-order valence-electron chi connectivity index (χ1n) is 12.9. The van der Waals surface area contributed by atoms with Crippen molar-refractivity contribution in [2.45, 2.75) is 6.92 Å². The molecular weight excluding hydrogens is 551 g/mol. The second kappa shape index (κ2) is 11.0. The topological polar surface area (TPSA) is 94.3 Å². The van der Waals surface area contributed by atoms with E-state index in [2.05, 4.69) is 5.32 Å². The maximum Gasteiger partial charge on any atom is 0.341 e. The molecule has 6 aromatic rings. The van der Waals surface area contributed by atoms with Crippen LogP contribution in [0.15, 0.2) is 96.4 Å². The van der Waals surface area contributed by atoms with Gasteiger partial charge in [-0.3, -0.25) is 4.79 Å². The fourth-order valence-corrected chi connectivity index (χ4v) is 6.72. The molecule has 202 valence electrons. The molecule has 0 fully saturated rings. The number of aromatic nitrogens is 1. The zero-order chi connectivity index (χ0) is 28.5. The minimum absolute atomic E-state index is 0.309. The fourth-order valence-electron chi connectivity index (χ4n) is 4.75. The van der Waals surface area contributed by atoms with Gasteiger partial charge in [0.1, 0.15) is 20.3 Å². The quantitative estimate of drug-likeness (QED) is 0.195. The normalized spacial score (nSPS) is 11.0. The van der Waals surface area contributed by atoms with Gasteiger partial charge in [0.05, 0.1) is 18.5 Å². The van der Waals surface area contributed by atoms with E-state index in [0.717, 1.165) is 38.9 Å². The number of nitrogens with two attached hydrogens (primary N) is 1. The Balaban J connectivity index is 1.44. The summed E-state index contributed by atoms with van der Waals surface area (Å²) in [5.41, 5.74) is 13.6. The Labute approximate surface area is 245 Å². The number of methoxy groups -OCH3 is 1. The zero-order valence-corrected chi connectivity index (χ0v) is 23.9. The number of amides is 1. The van der Waals surface area contributed by atoms with Crippen molar-refractivity contribution < 1.29 is 14.3 Å². The summed E-state index contributed by atoms with van der Waals surface area (Å²) >= 11 is 2.50. The average Bonchev–Trinajstić information content (AvgIpc) is 3.58. The van der Waals surface area contributed by atoms with E-state index >= 15 is 0 Å². The highest BCUT2D eigenvalue weighted by Crippen LogP contribution is 2.42. The summed E-state index contributed by atoms with van der Waals surface area (Å²) in [5, 5.41) is 5.91. The molecule has 0 atom stereocenters. The number of rotatable bonds is 6. The molecule has 1 amide bonds. The lowest BCUT2D eigenvalue weighted by Crippen LogP contribution is -2.14. The first-order chi connectivity index (χ1) is 19.9. The van der Waals surface area contributed by atoms with Crippen LogP contribution < -0.4 is 11.1 Å². The van der Waals surface area contributed by atoms with Gasteiger partial charge in [-0.2, -0.15) is 0 Å². The number of carbonyl (C=O) groups is 2. The lowest BCUT2D eigenvalue weighted by Gasteiger charge is -2.09. The lowest BCUT2D eigenvalue weighted by atomic mass is 9.99. The number of aryl methyl sites for hydroxylation is 1. The van der Waals surface area contributed by atoms with Gasteiger partial charge in [-0.25, -0.2) is 9.78 Å². The van der Waals surface area contributed by atoms with Gasteiger partial charge >= 0.3 is 5.97 Å². The third kappa shape index (κ3) is 4.99. The van der Waals surface area contributed by atoms with Crippen LogP contribution in [0.5, 0.6) is 0 Å². The summed E-state index contributed by atoms with van der Waals surface area (Å²) in [5.74, 6) is -0.935. The third-order valence-electron chi connectivity index (χ3n) is 6.83. The Morgan fingerprint density at radius 2 is 1.49 bits per heavy atom. The molecule has 41 heavy (non-hydrogen) atoms. The Morgan fingerprint density at radius 1 is 0.854 bits per heavy atom. The maximum atomic E-state index is 13.7. The zero-order valence-electron chi connectivity index (χ0n) is 22.3. The monoisotopic (exact) mass is 575 g/mol. The van der Waals surface area contributed by atoms with Crippen LogP contribution in [0.2, 0.25) is 0 Å². The molecule has 0 unspecified atom stereocenters. The molecular formula is C33H25N3O3S2. The number of fused-ring (bicyclic) bond motifs is 1. The second-order valence-corrected chi connectivity index (χ2v) is 11.4. The first kappa shape index (κ1) is 26.4. The summed E-state index contributed by atoms with van der Waals surface area (Å²) in [6, 6.07) is 29.7. The molecule has 3 heterocycles.